The second-order valence-corrected chi connectivity index (χ2v) is 6.02. The number of anilines is 1. The van der Waals surface area contributed by atoms with Gasteiger partial charge in [0.15, 0.2) is 0 Å². The van der Waals surface area contributed by atoms with Gasteiger partial charge < -0.3 is 14.6 Å². The highest BCUT2D eigenvalue weighted by Crippen LogP contribution is 2.13. The molecule has 2 aromatic carbocycles. The molecule has 3 rings (SSSR count). The maximum absolute atomic E-state index is 12.9. The summed E-state index contributed by atoms with van der Waals surface area (Å²) in [6, 6.07) is 20.0. The van der Waals surface area contributed by atoms with Crippen molar-refractivity contribution in [3.05, 3.63) is 89.9 Å². The Balaban J connectivity index is 1.75. The second kappa shape index (κ2) is 8.16. The van der Waals surface area contributed by atoms with Crippen LogP contribution in [0, 0.1) is 6.92 Å². The van der Waals surface area contributed by atoms with Crippen molar-refractivity contribution in [1.82, 2.24) is 4.90 Å². The summed E-state index contributed by atoms with van der Waals surface area (Å²) >= 11 is 0. The number of hydrogen-bond acceptors (Lipinski definition) is 3. The molecule has 1 N–H and O–H groups in total. The Kier molecular flexibility index (Phi) is 5.49. The minimum atomic E-state index is -0.261. The van der Waals surface area contributed by atoms with Gasteiger partial charge in [0.2, 0.25) is 5.91 Å². The molecule has 132 valence electrons. The van der Waals surface area contributed by atoms with Gasteiger partial charge in [-0.2, -0.15) is 0 Å². The zero-order chi connectivity index (χ0) is 18.4. The molecular formula is C21H20N2O3. The number of furan rings is 1. The first-order valence-electron chi connectivity index (χ1n) is 8.35. The molecule has 0 bridgehead atoms. The molecule has 0 aliphatic heterocycles. The van der Waals surface area contributed by atoms with E-state index in [4.69, 9.17) is 4.42 Å². The molecule has 5 heteroatoms. The van der Waals surface area contributed by atoms with Crippen molar-refractivity contribution in [3.63, 3.8) is 0 Å². The number of aryl methyl sites for hydroxylation is 1. The van der Waals surface area contributed by atoms with Crippen LogP contribution in [0.1, 0.15) is 21.7 Å². The van der Waals surface area contributed by atoms with Gasteiger partial charge >= 0.3 is 0 Å². The van der Waals surface area contributed by atoms with Crippen LogP contribution < -0.4 is 5.32 Å². The van der Waals surface area contributed by atoms with Crippen LogP contribution in [-0.4, -0.2) is 23.3 Å². The highest BCUT2D eigenvalue weighted by molar-refractivity contribution is 5.99. The van der Waals surface area contributed by atoms with Gasteiger partial charge in [0.05, 0.1) is 12.8 Å². The fraction of sp³-hybridized carbons (Fsp3) is 0.143. The largest absolute Gasteiger partial charge is 0.467 e. The highest BCUT2D eigenvalue weighted by Gasteiger charge is 2.20. The van der Waals surface area contributed by atoms with Gasteiger partial charge in [-0.05, 0) is 43.3 Å². The van der Waals surface area contributed by atoms with Crippen LogP contribution in [0.25, 0.3) is 0 Å². The van der Waals surface area contributed by atoms with E-state index >= 15 is 0 Å². The Morgan fingerprint density at radius 1 is 0.962 bits per heavy atom. The average molecular weight is 348 g/mol. The molecule has 0 saturated heterocycles. The van der Waals surface area contributed by atoms with Gasteiger partial charge in [0.1, 0.15) is 12.3 Å². The summed E-state index contributed by atoms with van der Waals surface area (Å²) in [5.74, 6) is 0.144. The molecule has 5 nitrogen and oxygen atoms in total. The molecule has 1 aromatic heterocycles. The van der Waals surface area contributed by atoms with E-state index in [0.29, 0.717) is 17.0 Å². The number of nitrogens with one attached hydrogen (secondary N) is 1. The molecule has 2 amide bonds. The number of carbonyl (C=O) groups is 2. The lowest BCUT2D eigenvalue weighted by atomic mass is 10.1. The summed E-state index contributed by atoms with van der Waals surface area (Å²) in [5.41, 5.74) is 2.30. The SMILES string of the molecule is Cc1ccc(C(=O)N(CC(=O)Nc2ccccc2)Cc2ccco2)cc1. The molecule has 0 atom stereocenters. The first-order valence-corrected chi connectivity index (χ1v) is 8.35. The van der Waals surface area contributed by atoms with E-state index in [1.54, 1.807) is 42.7 Å². The van der Waals surface area contributed by atoms with Crippen molar-refractivity contribution < 1.29 is 14.0 Å². The third-order valence-corrected chi connectivity index (χ3v) is 3.90. The number of para-hydroxylation sites is 1. The van der Waals surface area contributed by atoms with E-state index in [1.165, 1.54) is 4.90 Å². The van der Waals surface area contributed by atoms with Gasteiger partial charge in [-0.3, -0.25) is 9.59 Å². The first kappa shape index (κ1) is 17.5. The topological polar surface area (TPSA) is 62.6 Å². The predicted octanol–water partition coefficient (Wildman–Crippen LogP) is 3.87. The normalized spacial score (nSPS) is 10.3. The van der Waals surface area contributed by atoms with Crippen LogP contribution in [-0.2, 0) is 11.3 Å². The van der Waals surface area contributed by atoms with Crippen molar-refractivity contribution >= 4 is 17.5 Å². The van der Waals surface area contributed by atoms with Crippen molar-refractivity contribution in [1.29, 1.82) is 0 Å². The Morgan fingerprint density at radius 2 is 1.69 bits per heavy atom. The van der Waals surface area contributed by atoms with Gasteiger partial charge in [0.25, 0.3) is 5.91 Å². The van der Waals surface area contributed by atoms with Crippen molar-refractivity contribution in [2.45, 2.75) is 13.5 Å². The predicted molar refractivity (Wildman–Crippen MR) is 99.7 cm³/mol. The number of hydrogen-bond donors (Lipinski definition) is 1. The Morgan fingerprint density at radius 3 is 2.35 bits per heavy atom. The van der Waals surface area contributed by atoms with Crippen LogP contribution >= 0.6 is 0 Å². The van der Waals surface area contributed by atoms with Crippen LogP contribution in [0.2, 0.25) is 0 Å². The second-order valence-electron chi connectivity index (χ2n) is 6.02. The van der Waals surface area contributed by atoms with Crippen molar-refractivity contribution in [2.24, 2.45) is 0 Å². The van der Waals surface area contributed by atoms with Crippen molar-refractivity contribution in [3.8, 4) is 0 Å². The molecule has 26 heavy (non-hydrogen) atoms. The molecule has 0 saturated carbocycles. The molecular weight excluding hydrogens is 328 g/mol. The molecule has 3 aromatic rings. The standard InChI is InChI=1S/C21H20N2O3/c1-16-9-11-17(12-10-16)21(25)23(14-19-8-5-13-26-19)15-20(24)22-18-6-3-2-4-7-18/h2-13H,14-15H2,1H3,(H,22,24). The number of amides is 2. The van der Waals surface area contributed by atoms with E-state index in [1.807, 2.05) is 37.3 Å². The molecule has 0 spiro atoms. The maximum atomic E-state index is 12.9. The minimum Gasteiger partial charge on any atom is -0.467 e. The summed E-state index contributed by atoms with van der Waals surface area (Å²) in [5, 5.41) is 2.80. The van der Waals surface area contributed by atoms with Crippen LogP contribution in [0.15, 0.2) is 77.4 Å². The fourth-order valence-electron chi connectivity index (χ4n) is 2.56. The number of nitrogens with zero attached hydrogens (tertiary/aromatic N) is 1. The Labute approximate surface area is 152 Å². The fourth-order valence-corrected chi connectivity index (χ4v) is 2.56. The summed E-state index contributed by atoms with van der Waals surface area (Å²) in [7, 11) is 0. The third-order valence-electron chi connectivity index (χ3n) is 3.90. The van der Waals surface area contributed by atoms with Gasteiger partial charge in [-0.1, -0.05) is 35.9 Å². The van der Waals surface area contributed by atoms with E-state index in [0.717, 1.165) is 5.56 Å². The quantitative estimate of drug-likeness (QED) is 0.735. The van der Waals surface area contributed by atoms with Crippen LogP contribution in [0.3, 0.4) is 0 Å². The summed E-state index contributed by atoms with van der Waals surface area (Å²) in [6.45, 7) is 2.12. The lowest BCUT2D eigenvalue weighted by molar-refractivity contribution is -0.117. The van der Waals surface area contributed by atoms with Gasteiger partial charge in [0, 0.05) is 11.3 Å². The minimum absolute atomic E-state index is 0.0672. The smallest absolute Gasteiger partial charge is 0.254 e. The summed E-state index contributed by atoms with van der Waals surface area (Å²) < 4.78 is 5.34. The summed E-state index contributed by atoms with van der Waals surface area (Å²) in [4.78, 5) is 26.8. The van der Waals surface area contributed by atoms with Crippen LogP contribution in [0.4, 0.5) is 5.69 Å². The number of rotatable bonds is 6. The zero-order valence-electron chi connectivity index (χ0n) is 14.5. The molecule has 0 radical (unpaired) electrons. The average Bonchev–Trinajstić information content (AvgIpc) is 3.15. The van der Waals surface area contributed by atoms with Crippen LogP contribution in [0.5, 0.6) is 0 Å². The first-order chi connectivity index (χ1) is 12.6. The maximum Gasteiger partial charge on any atom is 0.254 e. The van der Waals surface area contributed by atoms with E-state index in [-0.39, 0.29) is 24.9 Å². The van der Waals surface area contributed by atoms with Gasteiger partial charge in [-0.25, -0.2) is 0 Å². The Bertz CT molecular complexity index is 856. The zero-order valence-corrected chi connectivity index (χ0v) is 14.5. The lowest BCUT2D eigenvalue weighted by Crippen LogP contribution is -2.37. The Hall–Kier alpha value is -3.34. The van der Waals surface area contributed by atoms with E-state index in [2.05, 4.69) is 5.32 Å². The lowest BCUT2D eigenvalue weighted by Gasteiger charge is -2.21. The molecule has 0 aliphatic carbocycles. The third kappa shape index (κ3) is 4.60. The molecule has 1 heterocycles. The molecule has 0 fully saturated rings. The number of carbonyl (C=O) groups excluding carboxylic acids is 2. The summed E-state index contributed by atoms with van der Waals surface area (Å²) in [6.07, 6.45) is 1.55. The van der Waals surface area contributed by atoms with E-state index < -0.39 is 0 Å². The molecule has 0 aliphatic rings. The van der Waals surface area contributed by atoms with Gasteiger partial charge in [-0.15, -0.1) is 0 Å². The number of benzene rings is 2. The highest BCUT2D eigenvalue weighted by atomic mass is 16.3. The van der Waals surface area contributed by atoms with Crippen molar-refractivity contribution in [2.75, 3.05) is 11.9 Å². The monoisotopic (exact) mass is 348 g/mol. The molecule has 0 unspecified atom stereocenters. The van der Waals surface area contributed by atoms with E-state index in [9.17, 15) is 9.59 Å².